The third-order valence-electron chi connectivity index (χ3n) is 6.53. The fourth-order valence-corrected chi connectivity index (χ4v) is 5.02. The maximum atomic E-state index is 15.3. The van der Waals surface area contributed by atoms with Crippen molar-refractivity contribution in [3.8, 4) is 0 Å². The zero-order valence-corrected chi connectivity index (χ0v) is 18.4. The molecule has 0 bridgehead atoms. The van der Waals surface area contributed by atoms with Crippen LogP contribution in [0.15, 0.2) is 30.6 Å². The van der Waals surface area contributed by atoms with Crippen molar-refractivity contribution in [3.63, 3.8) is 0 Å². The van der Waals surface area contributed by atoms with Gasteiger partial charge in [0.05, 0.1) is 54.6 Å². The van der Waals surface area contributed by atoms with Gasteiger partial charge in [0.15, 0.2) is 0 Å². The molecule has 2 N–H and O–H groups in total. The van der Waals surface area contributed by atoms with E-state index in [9.17, 15) is 17.6 Å². The molecule has 182 valence electrons. The quantitative estimate of drug-likeness (QED) is 0.500. The molecule has 1 aromatic carbocycles. The number of alkyl halides is 4. The molecule has 0 amide bonds. The Morgan fingerprint density at radius 1 is 1.18 bits per heavy atom. The molecule has 0 aliphatic carbocycles. The van der Waals surface area contributed by atoms with Crippen LogP contribution in [-0.2, 0) is 6.42 Å². The van der Waals surface area contributed by atoms with Crippen molar-refractivity contribution in [3.05, 3.63) is 53.2 Å². The highest BCUT2D eigenvalue weighted by Crippen LogP contribution is 2.39. The summed E-state index contributed by atoms with van der Waals surface area (Å²) in [5.41, 5.74) is 2.70. The minimum absolute atomic E-state index is 0.0308. The third-order valence-corrected chi connectivity index (χ3v) is 6.53. The number of halogens is 5. The predicted molar refractivity (Wildman–Crippen MR) is 118 cm³/mol. The average Bonchev–Trinajstić information content (AvgIpc) is 3.24. The molecule has 11 heteroatoms. The summed E-state index contributed by atoms with van der Waals surface area (Å²) in [6.45, 7) is 0.740. The summed E-state index contributed by atoms with van der Waals surface area (Å²) in [6, 6.07) is 3.92. The number of benzene rings is 1. The van der Waals surface area contributed by atoms with E-state index in [4.69, 9.17) is 0 Å². The van der Waals surface area contributed by atoms with Gasteiger partial charge < -0.3 is 5.32 Å². The van der Waals surface area contributed by atoms with E-state index in [2.05, 4.69) is 25.4 Å². The van der Waals surface area contributed by atoms with E-state index in [1.54, 1.807) is 18.3 Å². The van der Waals surface area contributed by atoms with Crippen LogP contribution in [0.3, 0.4) is 0 Å². The summed E-state index contributed by atoms with van der Waals surface area (Å²) in [6.07, 6.45) is -0.414. The smallest absolute Gasteiger partial charge is 0.378 e. The third kappa shape index (κ3) is 4.58. The first-order valence-electron chi connectivity index (χ1n) is 11.3. The maximum Gasteiger partial charge on any atom is 0.401 e. The predicted octanol–water partition coefficient (Wildman–Crippen LogP) is 4.06. The summed E-state index contributed by atoms with van der Waals surface area (Å²) in [5, 5.41) is 10.9. The van der Waals surface area contributed by atoms with Crippen LogP contribution in [0.25, 0.3) is 10.9 Å². The molecule has 3 aromatic rings. The van der Waals surface area contributed by atoms with E-state index in [0.717, 1.165) is 29.6 Å². The fourth-order valence-electron chi connectivity index (χ4n) is 5.02. The number of likely N-dealkylation sites (tertiary alicyclic amines) is 1. The van der Waals surface area contributed by atoms with Crippen LogP contribution < -0.4 is 5.32 Å². The Bertz CT molecular complexity index is 1160. The first kappa shape index (κ1) is 23.0. The number of nitrogens with zero attached hydrogens (tertiary/aromatic N) is 4. The minimum Gasteiger partial charge on any atom is -0.378 e. The van der Waals surface area contributed by atoms with Gasteiger partial charge in [-0.3, -0.25) is 24.3 Å². The average molecular weight is 480 g/mol. The Balaban J connectivity index is 1.42. The molecule has 2 aromatic heterocycles. The number of rotatable bonds is 7. The van der Waals surface area contributed by atoms with Gasteiger partial charge in [0.2, 0.25) is 0 Å². The molecule has 6 nitrogen and oxygen atoms in total. The first-order chi connectivity index (χ1) is 16.3. The number of fused-ring (bicyclic) bond motifs is 3. The van der Waals surface area contributed by atoms with E-state index in [0.29, 0.717) is 30.6 Å². The van der Waals surface area contributed by atoms with Crippen molar-refractivity contribution < 1.29 is 22.0 Å². The number of pyridine rings is 1. The topological polar surface area (TPSA) is 60.1 Å². The van der Waals surface area contributed by atoms with Crippen LogP contribution in [0.1, 0.15) is 29.3 Å². The SMILES string of the molecule is FCCCN1CC(Nc2cnc(C3c4ccc5[nH]ncc5c4CCN3CC(F)(F)F)c(F)c2)C1. The minimum atomic E-state index is -4.42. The van der Waals surface area contributed by atoms with Crippen LogP contribution in [0.2, 0.25) is 0 Å². The molecule has 0 saturated carbocycles. The van der Waals surface area contributed by atoms with Gasteiger partial charge in [-0.2, -0.15) is 18.3 Å². The second-order valence-electron chi connectivity index (χ2n) is 8.94. The highest BCUT2D eigenvalue weighted by Gasteiger charge is 2.39. The van der Waals surface area contributed by atoms with E-state index in [1.807, 2.05) is 0 Å². The Labute approximate surface area is 193 Å². The largest absolute Gasteiger partial charge is 0.401 e. The van der Waals surface area contributed by atoms with Gasteiger partial charge in [-0.1, -0.05) is 6.07 Å². The molecule has 2 aliphatic rings. The van der Waals surface area contributed by atoms with Crippen molar-refractivity contribution >= 4 is 16.6 Å². The molecule has 1 atom stereocenters. The lowest BCUT2D eigenvalue weighted by Gasteiger charge is -2.40. The molecule has 1 fully saturated rings. The van der Waals surface area contributed by atoms with Gasteiger partial charge >= 0.3 is 6.18 Å². The number of hydrogen-bond donors (Lipinski definition) is 2. The highest BCUT2D eigenvalue weighted by atomic mass is 19.4. The number of nitrogens with one attached hydrogen (secondary N) is 2. The number of hydrogen-bond acceptors (Lipinski definition) is 5. The molecule has 4 heterocycles. The molecule has 1 unspecified atom stereocenters. The molecule has 0 spiro atoms. The van der Waals surface area contributed by atoms with Gasteiger partial charge in [0.1, 0.15) is 5.82 Å². The van der Waals surface area contributed by atoms with Crippen LogP contribution in [-0.4, -0.2) is 76.6 Å². The lowest BCUT2D eigenvalue weighted by atomic mass is 9.88. The second kappa shape index (κ2) is 9.10. The molecule has 1 saturated heterocycles. The van der Waals surface area contributed by atoms with Gasteiger partial charge in [-0.25, -0.2) is 4.39 Å². The lowest BCUT2D eigenvalue weighted by molar-refractivity contribution is -0.150. The summed E-state index contributed by atoms with van der Waals surface area (Å²) in [4.78, 5) is 7.63. The van der Waals surface area contributed by atoms with Gasteiger partial charge in [0, 0.05) is 37.6 Å². The van der Waals surface area contributed by atoms with Crippen LogP contribution >= 0.6 is 0 Å². The number of anilines is 1. The van der Waals surface area contributed by atoms with Crippen LogP contribution in [0, 0.1) is 5.82 Å². The fraction of sp³-hybridized carbons (Fsp3) is 0.478. The van der Waals surface area contributed by atoms with E-state index in [-0.39, 0.29) is 25.0 Å². The molecular formula is C23H25F5N6. The molecule has 2 aliphatic heterocycles. The van der Waals surface area contributed by atoms with E-state index >= 15 is 4.39 Å². The molecule has 34 heavy (non-hydrogen) atoms. The summed E-state index contributed by atoms with van der Waals surface area (Å²) >= 11 is 0. The second-order valence-corrected chi connectivity index (χ2v) is 8.94. The Morgan fingerprint density at radius 3 is 2.74 bits per heavy atom. The van der Waals surface area contributed by atoms with Gasteiger partial charge in [-0.05, 0) is 30.0 Å². The zero-order chi connectivity index (χ0) is 23.9. The lowest BCUT2D eigenvalue weighted by Crippen LogP contribution is -2.54. The number of aromatic amines is 1. The zero-order valence-electron chi connectivity index (χ0n) is 18.4. The Kier molecular flexibility index (Phi) is 6.15. The van der Waals surface area contributed by atoms with E-state index in [1.165, 1.54) is 17.2 Å². The number of H-pyrrole nitrogens is 1. The van der Waals surface area contributed by atoms with Crippen molar-refractivity contribution in [1.82, 2.24) is 25.0 Å². The monoisotopic (exact) mass is 480 g/mol. The van der Waals surface area contributed by atoms with Crippen LogP contribution in [0.4, 0.5) is 27.6 Å². The molecule has 5 rings (SSSR count). The highest BCUT2D eigenvalue weighted by molar-refractivity contribution is 5.83. The van der Waals surface area contributed by atoms with E-state index < -0.39 is 24.6 Å². The Morgan fingerprint density at radius 2 is 2.00 bits per heavy atom. The van der Waals surface area contributed by atoms with Crippen molar-refractivity contribution in [2.75, 3.05) is 44.7 Å². The normalized spacial score (nSPS) is 19.9. The van der Waals surface area contributed by atoms with Gasteiger partial charge in [-0.15, -0.1) is 0 Å². The first-order valence-corrected chi connectivity index (χ1v) is 11.3. The summed E-state index contributed by atoms with van der Waals surface area (Å²) in [5.74, 6) is -0.657. The Hall–Kier alpha value is -2.79. The van der Waals surface area contributed by atoms with Crippen molar-refractivity contribution in [2.45, 2.75) is 31.1 Å². The molecular weight excluding hydrogens is 455 g/mol. The number of aromatic nitrogens is 3. The van der Waals surface area contributed by atoms with Crippen LogP contribution in [0.5, 0.6) is 0 Å². The van der Waals surface area contributed by atoms with Crippen molar-refractivity contribution in [2.24, 2.45) is 0 Å². The van der Waals surface area contributed by atoms with Crippen molar-refractivity contribution in [1.29, 1.82) is 0 Å². The standard InChI is InChI=1S/C23H25F5N6/c24-5-1-6-33-11-15(12-33)31-14-8-19(25)21(29-9-14)22-17-2-3-20-18(10-30-32-20)16(17)4-7-34(22)13-23(26,27)28/h2-3,8-10,15,22,31H,1,4-7,11-13H2,(H,30,32). The summed E-state index contributed by atoms with van der Waals surface area (Å²) < 4.78 is 67.7. The van der Waals surface area contributed by atoms with Gasteiger partial charge in [0.25, 0.3) is 0 Å². The molecule has 0 radical (unpaired) electrons. The summed E-state index contributed by atoms with van der Waals surface area (Å²) in [7, 11) is 0. The maximum absolute atomic E-state index is 15.3.